The normalized spacial score (nSPS) is 10.4. The first-order chi connectivity index (χ1) is 6.70. The maximum absolute atomic E-state index is 11.4. The van der Waals surface area contributed by atoms with Crippen LogP contribution >= 0.6 is 11.6 Å². The van der Waals surface area contributed by atoms with Gasteiger partial charge >= 0.3 is 0 Å². The average Bonchev–Trinajstić information content (AvgIpc) is 2.19. The molecule has 1 heterocycles. The summed E-state index contributed by atoms with van der Waals surface area (Å²) in [6.45, 7) is 0. The maximum Gasteiger partial charge on any atom is 0.297 e. The highest BCUT2D eigenvalue weighted by atomic mass is 35.5. The van der Waals surface area contributed by atoms with Gasteiger partial charge < -0.3 is 9.72 Å². The molecule has 14 heavy (non-hydrogen) atoms. The molecule has 2 aromatic rings. The van der Waals surface area contributed by atoms with Crippen LogP contribution in [0.3, 0.4) is 0 Å². The van der Waals surface area contributed by atoms with E-state index in [1.54, 1.807) is 18.2 Å². The molecule has 1 aromatic heterocycles. The number of methoxy groups -OCH3 is 1. The minimum atomic E-state index is -0.349. The van der Waals surface area contributed by atoms with Crippen molar-refractivity contribution < 1.29 is 4.74 Å². The van der Waals surface area contributed by atoms with Crippen LogP contribution in [0.25, 0.3) is 10.9 Å². The Balaban J connectivity index is 2.83. The quantitative estimate of drug-likeness (QED) is 0.778. The number of nitrogens with zero attached hydrogens (tertiary/aromatic N) is 1. The van der Waals surface area contributed by atoms with E-state index in [1.165, 1.54) is 7.11 Å². The predicted octanol–water partition coefficient (Wildman–Crippen LogP) is 1.59. The lowest BCUT2D eigenvalue weighted by Crippen LogP contribution is -2.09. The number of ether oxygens (including phenoxy) is 1. The van der Waals surface area contributed by atoms with Gasteiger partial charge in [0.15, 0.2) is 0 Å². The van der Waals surface area contributed by atoms with Crippen molar-refractivity contribution in [3.05, 3.63) is 33.6 Å². The number of hydrogen-bond acceptors (Lipinski definition) is 3. The van der Waals surface area contributed by atoms with Crippen LogP contribution in [0.2, 0.25) is 5.02 Å². The molecule has 0 aliphatic heterocycles. The molecule has 0 saturated carbocycles. The first-order valence-electron chi connectivity index (χ1n) is 3.94. The van der Waals surface area contributed by atoms with Crippen LogP contribution in [0.5, 0.6) is 6.01 Å². The summed E-state index contributed by atoms with van der Waals surface area (Å²) >= 11 is 5.75. The highest BCUT2D eigenvalue weighted by Crippen LogP contribution is 2.15. The van der Waals surface area contributed by atoms with E-state index in [2.05, 4.69) is 9.97 Å². The zero-order chi connectivity index (χ0) is 10.1. The molecule has 5 heteroatoms. The molecule has 0 spiro atoms. The number of aromatic nitrogens is 2. The summed E-state index contributed by atoms with van der Waals surface area (Å²) in [5.74, 6) is 0. The van der Waals surface area contributed by atoms with Crippen LogP contribution in [0.1, 0.15) is 0 Å². The SMILES string of the molecule is COc1nc(=O)c2cc(Cl)ccc2[nH]1. The fraction of sp³-hybridized carbons (Fsp3) is 0.111. The Kier molecular flexibility index (Phi) is 2.13. The summed E-state index contributed by atoms with van der Waals surface area (Å²) in [7, 11) is 1.44. The molecular weight excluding hydrogens is 204 g/mol. The number of benzene rings is 1. The highest BCUT2D eigenvalue weighted by Gasteiger charge is 2.03. The number of nitrogens with one attached hydrogen (secondary N) is 1. The van der Waals surface area contributed by atoms with Crippen molar-refractivity contribution in [2.75, 3.05) is 7.11 Å². The molecule has 0 radical (unpaired) electrons. The first-order valence-corrected chi connectivity index (χ1v) is 4.32. The number of aromatic amines is 1. The van der Waals surface area contributed by atoms with Crippen LogP contribution in [-0.2, 0) is 0 Å². The van der Waals surface area contributed by atoms with Gasteiger partial charge in [-0.15, -0.1) is 0 Å². The Morgan fingerprint density at radius 2 is 2.29 bits per heavy atom. The van der Waals surface area contributed by atoms with Crippen molar-refractivity contribution in [2.24, 2.45) is 0 Å². The van der Waals surface area contributed by atoms with Crippen molar-refractivity contribution in [3.63, 3.8) is 0 Å². The van der Waals surface area contributed by atoms with Crippen LogP contribution in [0, 0.1) is 0 Å². The Bertz CT molecular complexity index is 536. The van der Waals surface area contributed by atoms with Gasteiger partial charge in [-0.05, 0) is 18.2 Å². The lowest BCUT2D eigenvalue weighted by atomic mass is 10.2. The Hall–Kier alpha value is -1.55. The zero-order valence-electron chi connectivity index (χ0n) is 7.37. The first kappa shape index (κ1) is 9.02. The van der Waals surface area contributed by atoms with Crippen LogP contribution in [-0.4, -0.2) is 17.1 Å². The molecule has 0 amide bonds. The molecule has 0 atom stereocenters. The third-order valence-electron chi connectivity index (χ3n) is 1.85. The molecule has 4 nitrogen and oxygen atoms in total. The summed E-state index contributed by atoms with van der Waals surface area (Å²) < 4.78 is 4.83. The van der Waals surface area contributed by atoms with E-state index in [0.717, 1.165) is 0 Å². The van der Waals surface area contributed by atoms with E-state index >= 15 is 0 Å². The molecule has 0 bridgehead atoms. The third kappa shape index (κ3) is 1.44. The number of hydrogen-bond donors (Lipinski definition) is 1. The lowest BCUT2D eigenvalue weighted by Gasteiger charge is -2.01. The minimum absolute atomic E-state index is 0.199. The lowest BCUT2D eigenvalue weighted by molar-refractivity contribution is 0.380. The average molecular weight is 211 g/mol. The second kappa shape index (κ2) is 3.31. The van der Waals surface area contributed by atoms with Gasteiger partial charge in [0.2, 0.25) is 0 Å². The molecule has 0 fully saturated rings. The molecular formula is C9H7ClN2O2. The van der Waals surface area contributed by atoms with Gasteiger partial charge in [-0.25, -0.2) is 0 Å². The van der Waals surface area contributed by atoms with Crippen molar-refractivity contribution in [2.45, 2.75) is 0 Å². The van der Waals surface area contributed by atoms with Gasteiger partial charge in [-0.1, -0.05) is 11.6 Å². The predicted molar refractivity (Wildman–Crippen MR) is 53.9 cm³/mol. The van der Waals surface area contributed by atoms with Crippen LogP contribution in [0.4, 0.5) is 0 Å². The number of rotatable bonds is 1. The standard InChI is InChI=1S/C9H7ClN2O2/c1-14-9-11-7-3-2-5(10)4-6(7)8(13)12-9/h2-4H,1H3,(H,11,12,13). The molecule has 0 unspecified atom stereocenters. The minimum Gasteiger partial charge on any atom is -0.468 e. The van der Waals surface area contributed by atoms with Gasteiger partial charge in [0.05, 0.1) is 18.0 Å². The van der Waals surface area contributed by atoms with Crippen LogP contribution in [0.15, 0.2) is 23.0 Å². The van der Waals surface area contributed by atoms with Crippen molar-refractivity contribution >= 4 is 22.5 Å². The third-order valence-corrected chi connectivity index (χ3v) is 2.09. The molecule has 0 aliphatic rings. The maximum atomic E-state index is 11.4. The van der Waals surface area contributed by atoms with E-state index < -0.39 is 0 Å². The van der Waals surface area contributed by atoms with E-state index in [0.29, 0.717) is 15.9 Å². The topological polar surface area (TPSA) is 55.0 Å². The number of halogens is 1. The molecule has 1 N–H and O–H groups in total. The number of fused-ring (bicyclic) bond motifs is 1. The summed E-state index contributed by atoms with van der Waals surface area (Å²) in [5, 5.41) is 0.966. The Morgan fingerprint density at radius 3 is 3.00 bits per heavy atom. The largest absolute Gasteiger partial charge is 0.468 e. The van der Waals surface area contributed by atoms with Gasteiger partial charge in [-0.2, -0.15) is 4.98 Å². The van der Waals surface area contributed by atoms with Gasteiger partial charge in [0.25, 0.3) is 11.6 Å². The Labute approximate surface area is 84.5 Å². The second-order valence-electron chi connectivity index (χ2n) is 2.74. The smallest absolute Gasteiger partial charge is 0.297 e. The summed E-state index contributed by atoms with van der Waals surface area (Å²) in [4.78, 5) is 18.0. The molecule has 72 valence electrons. The van der Waals surface area contributed by atoms with Crippen LogP contribution < -0.4 is 10.3 Å². The summed E-state index contributed by atoms with van der Waals surface area (Å²) in [5.41, 5.74) is 0.310. The van der Waals surface area contributed by atoms with E-state index in [1.807, 2.05) is 0 Å². The zero-order valence-corrected chi connectivity index (χ0v) is 8.13. The van der Waals surface area contributed by atoms with E-state index in [-0.39, 0.29) is 11.6 Å². The fourth-order valence-corrected chi connectivity index (χ4v) is 1.37. The second-order valence-corrected chi connectivity index (χ2v) is 3.18. The summed E-state index contributed by atoms with van der Waals surface area (Å²) in [6, 6.07) is 5.18. The highest BCUT2D eigenvalue weighted by molar-refractivity contribution is 6.31. The van der Waals surface area contributed by atoms with Gasteiger partial charge in [0.1, 0.15) is 0 Å². The van der Waals surface area contributed by atoms with Crippen molar-refractivity contribution in [3.8, 4) is 6.01 Å². The molecule has 0 aliphatic carbocycles. The van der Waals surface area contributed by atoms with Gasteiger partial charge in [-0.3, -0.25) is 4.79 Å². The molecule has 2 rings (SSSR count). The van der Waals surface area contributed by atoms with E-state index in [4.69, 9.17) is 16.3 Å². The number of H-pyrrole nitrogens is 1. The molecule has 0 saturated heterocycles. The Morgan fingerprint density at radius 1 is 1.50 bits per heavy atom. The summed E-state index contributed by atoms with van der Waals surface area (Å²) in [6.07, 6.45) is 0. The molecule has 1 aromatic carbocycles. The van der Waals surface area contributed by atoms with E-state index in [9.17, 15) is 4.79 Å². The fourth-order valence-electron chi connectivity index (χ4n) is 1.19. The van der Waals surface area contributed by atoms with Crippen molar-refractivity contribution in [1.29, 1.82) is 0 Å². The monoisotopic (exact) mass is 210 g/mol. The van der Waals surface area contributed by atoms with Gasteiger partial charge in [0, 0.05) is 5.02 Å². The van der Waals surface area contributed by atoms with Crippen molar-refractivity contribution in [1.82, 2.24) is 9.97 Å².